The quantitative estimate of drug-likeness (QED) is 0.149. The predicted molar refractivity (Wildman–Crippen MR) is 210 cm³/mol. The first-order valence-corrected chi connectivity index (χ1v) is 19.8. The van der Waals surface area contributed by atoms with E-state index in [0.29, 0.717) is 6.61 Å². The normalized spacial score (nSPS) is 13.1. The Labute approximate surface area is 289 Å². The molecule has 4 aliphatic carbocycles. The van der Waals surface area contributed by atoms with E-state index in [9.17, 15) is 0 Å². The smallest absolute Gasteiger partial charge is 0.0726 e. The van der Waals surface area contributed by atoms with Crippen molar-refractivity contribution in [1.82, 2.24) is 0 Å². The lowest BCUT2D eigenvalue weighted by Crippen LogP contribution is -2.27. The van der Waals surface area contributed by atoms with Crippen molar-refractivity contribution in [3.8, 4) is 0 Å². The fourth-order valence-corrected chi connectivity index (χ4v) is 11.8. The number of hydrogen-bond acceptors (Lipinski definition) is 1. The van der Waals surface area contributed by atoms with Crippen LogP contribution in [0.1, 0.15) is 48.6 Å². The second kappa shape index (κ2) is 14.7. The average Bonchev–Trinajstić information content (AvgIpc) is 3.11. The molecule has 0 spiro atoms. The lowest BCUT2D eigenvalue weighted by Gasteiger charge is -2.28. The van der Waals surface area contributed by atoms with Crippen LogP contribution >= 0.6 is 15.8 Å². The molecule has 0 unspecified atom stereocenters. The molecule has 240 valence electrons. The van der Waals surface area contributed by atoms with Crippen molar-refractivity contribution >= 4 is 47.7 Å². The Bertz CT molecular complexity index is 1870. The van der Waals surface area contributed by atoms with E-state index < -0.39 is 15.8 Å². The third kappa shape index (κ3) is 7.56. The Balaban J connectivity index is 1.37. The van der Waals surface area contributed by atoms with Crippen LogP contribution in [0.3, 0.4) is 0 Å². The third-order valence-corrected chi connectivity index (χ3v) is 14.2. The van der Waals surface area contributed by atoms with Gasteiger partial charge in [0.25, 0.3) is 0 Å². The average molecular weight is 663 g/mol. The fraction of sp³-hybridized carbons (Fsp3) is 0.200. The molecule has 10 rings (SSSR count). The highest BCUT2D eigenvalue weighted by Gasteiger charge is 2.25. The van der Waals surface area contributed by atoms with E-state index in [0.717, 1.165) is 25.7 Å². The van der Waals surface area contributed by atoms with Crippen LogP contribution in [0.15, 0.2) is 152 Å². The van der Waals surface area contributed by atoms with Gasteiger partial charge in [-0.2, -0.15) is 0 Å². The number of benzene rings is 6. The highest BCUT2D eigenvalue weighted by atomic mass is 31.1. The second-order valence-corrected chi connectivity index (χ2v) is 18.0. The van der Waals surface area contributed by atoms with Crippen LogP contribution in [0.5, 0.6) is 0 Å². The largest absolute Gasteiger partial charge is 0.371 e. The van der Waals surface area contributed by atoms with Crippen molar-refractivity contribution < 1.29 is 4.74 Å². The molecule has 0 N–H and O–H groups in total. The molecular formula is C45H44OP2. The first kappa shape index (κ1) is 32.7. The van der Waals surface area contributed by atoms with Gasteiger partial charge in [0.2, 0.25) is 0 Å². The van der Waals surface area contributed by atoms with Gasteiger partial charge in [0, 0.05) is 0 Å². The Kier molecular flexibility index (Phi) is 10.0. The zero-order valence-corrected chi connectivity index (χ0v) is 30.1. The fourth-order valence-electron chi connectivity index (χ4n) is 6.69. The van der Waals surface area contributed by atoms with E-state index in [-0.39, 0.29) is 5.60 Å². The topological polar surface area (TPSA) is 9.23 Å². The van der Waals surface area contributed by atoms with Crippen LogP contribution in [0, 0.1) is 0 Å². The first-order valence-electron chi connectivity index (χ1n) is 17.1. The molecule has 3 heteroatoms. The molecule has 4 aliphatic rings. The molecule has 0 heterocycles. The molecule has 0 atom stereocenters. The van der Waals surface area contributed by atoms with Gasteiger partial charge in [-0.05, 0) is 128 Å². The van der Waals surface area contributed by atoms with Crippen molar-refractivity contribution in [3.63, 3.8) is 0 Å². The van der Waals surface area contributed by atoms with Gasteiger partial charge in [0.1, 0.15) is 0 Å². The van der Waals surface area contributed by atoms with Crippen LogP contribution < -0.4 is 31.8 Å². The zero-order chi connectivity index (χ0) is 32.9. The number of hydrogen-bond donors (Lipinski definition) is 0. The van der Waals surface area contributed by atoms with Gasteiger partial charge in [0.05, 0.1) is 12.2 Å². The predicted octanol–water partition coefficient (Wildman–Crippen LogP) is 8.40. The maximum Gasteiger partial charge on any atom is 0.0726 e. The molecule has 0 saturated heterocycles. The first-order chi connectivity index (χ1) is 23.4. The minimum Gasteiger partial charge on any atom is -0.371 e. The van der Waals surface area contributed by atoms with E-state index in [2.05, 4.69) is 172 Å². The van der Waals surface area contributed by atoms with Crippen molar-refractivity contribution in [2.75, 3.05) is 0 Å². The Morgan fingerprint density at radius 1 is 0.458 bits per heavy atom. The summed E-state index contributed by atoms with van der Waals surface area (Å²) >= 11 is 0. The van der Waals surface area contributed by atoms with Crippen LogP contribution in [0.2, 0.25) is 0 Å². The summed E-state index contributed by atoms with van der Waals surface area (Å²) < 4.78 is 6.49. The molecule has 0 saturated carbocycles. The van der Waals surface area contributed by atoms with Crippen LogP contribution in [-0.2, 0) is 37.0 Å². The minimum atomic E-state index is -0.715. The Morgan fingerprint density at radius 3 is 1.38 bits per heavy atom. The molecule has 4 bridgehead atoms. The maximum absolute atomic E-state index is 6.49. The number of aryl methyl sites for hydroxylation is 4. The Morgan fingerprint density at radius 2 is 0.896 bits per heavy atom. The standard InChI is InChI=1S/C45H44OP2/c1-45(2,3)46-33-38-31-37-27-25-34-24-26-35(43(30-34)47(39-16-8-4-9-17-39)40-18-10-5-11-19-40)28-29-36(38)32-44(37)48(41-20-12-6-13-21-41)42-22-14-7-15-23-42/h4-24,26,30-32H,25,27-29,33H2,1-3H3. The van der Waals surface area contributed by atoms with Crippen molar-refractivity contribution in [3.05, 3.63) is 179 Å². The summed E-state index contributed by atoms with van der Waals surface area (Å²) in [5, 5.41) is 8.61. The molecule has 0 aliphatic heterocycles. The van der Waals surface area contributed by atoms with Crippen LogP contribution in [0.4, 0.5) is 0 Å². The van der Waals surface area contributed by atoms with E-state index in [1.807, 2.05) is 0 Å². The van der Waals surface area contributed by atoms with Crippen molar-refractivity contribution in [1.29, 1.82) is 0 Å². The second-order valence-electron chi connectivity index (χ2n) is 13.6. The summed E-state index contributed by atoms with van der Waals surface area (Å²) in [6.45, 7) is 7.11. The van der Waals surface area contributed by atoms with Crippen molar-refractivity contribution in [2.45, 2.75) is 58.7 Å². The molecule has 0 aromatic heterocycles. The molecule has 6 aromatic carbocycles. The van der Waals surface area contributed by atoms with Gasteiger partial charge >= 0.3 is 0 Å². The van der Waals surface area contributed by atoms with Crippen LogP contribution in [-0.4, -0.2) is 5.60 Å². The molecule has 48 heavy (non-hydrogen) atoms. The summed E-state index contributed by atoms with van der Waals surface area (Å²) in [6.07, 6.45) is 3.95. The molecule has 0 fully saturated rings. The van der Waals surface area contributed by atoms with Gasteiger partial charge in [-0.3, -0.25) is 0 Å². The lowest BCUT2D eigenvalue weighted by molar-refractivity contribution is -0.0152. The highest BCUT2D eigenvalue weighted by molar-refractivity contribution is 7.80. The van der Waals surface area contributed by atoms with E-state index in [1.54, 1.807) is 0 Å². The molecule has 6 aromatic rings. The monoisotopic (exact) mass is 662 g/mol. The van der Waals surface area contributed by atoms with Gasteiger partial charge in [-0.25, -0.2) is 0 Å². The summed E-state index contributed by atoms with van der Waals surface area (Å²) in [6, 6.07) is 57.1. The SMILES string of the molecule is CC(C)(C)OCc1cc2c(P(c3ccccc3)c3ccccc3)cc1CCc1ccc(cc1P(c1ccccc1)c1ccccc1)CC2. The minimum absolute atomic E-state index is 0.203. The molecular weight excluding hydrogens is 618 g/mol. The van der Waals surface area contributed by atoms with Crippen molar-refractivity contribution in [2.24, 2.45) is 0 Å². The molecule has 0 amide bonds. The van der Waals surface area contributed by atoms with E-state index in [1.165, 1.54) is 59.6 Å². The highest BCUT2D eigenvalue weighted by Crippen LogP contribution is 2.38. The maximum atomic E-state index is 6.49. The third-order valence-electron chi connectivity index (χ3n) is 9.10. The zero-order valence-electron chi connectivity index (χ0n) is 28.3. The van der Waals surface area contributed by atoms with E-state index in [4.69, 9.17) is 4.74 Å². The molecule has 0 radical (unpaired) electrons. The van der Waals surface area contributed by atoms with E-state index >= 15 is 0 Å². The van der Waals surface area contributed by atoms with Gasteiger partial charge < -0.3 is 4.74 Å². The summed E-state index contributed by atoms with van der Waals surface area (Å²) in [7, 11) is -1.40. The number of ether oxygens (including phenoxy) is 1. The van der Waals surface area contributed by atoms with Gasteiger partial charge in [-0.15, -0.1) is 0 Å². The Hall–Kier alpha value is -3.86. The van der Waals surface area contributed by atoms with Gasteiger partial charge in [-0.1, -0.05) is 146 Å². The van der Waals surface area contributed by atoms with Gasteiger partial charge in [0.15, 0.2) is 0 Å². The van der Waals surface area contributed by atoms with Crippen LogP contribution in [0.25, 0.3) is 0 Å². The molecule has 1 nitrogen and oxygen atoms in total. The number of rotatable bonds is 8. The summed E-state index contributed by atoms with van der Waals surface area (Å²) in [5.74, 6) is 0. The summed E-state index contributed by atoms with van der Waals surface area (Å²) in [4.78, 5) is 0. The lowest BCUT2D eigenvalue weighted by atomic mass is 9.93. The summed E-state index contributed by atoms with van der Waals surface area (Å²) in [5.41, 5.74) is 6.87.